The van der Waals surface area contributed by atoms with Gasteiger partial charge in [0.15, 0.2) is 5.96 Å². The van der Waals surface area contributed by atoms with Crippen LogP contribution in [0.5, 0.6) is 5.75 Å². The van der Waals surface area contributed by atoms with Crippen LogP contribution < -0.4 is 20.7 Å². The van der Waals surface area contributed by atoms with Crippen LogP contribution in [0, 0.1) is 12.3 Å². The number of amides is 1. The Balaban J connectivity index is 2.88. The number of aryl methyl sites for hydroxylation is 1. The largest absolute Gasteiger partial charge is 0.434 e. The molecule has 0 aliphatic carbocycles. The van der Waals surface area contributed by atoms with E-state index in [0.717, 1.165) is 5.56 Å². The molecule has 0 saturated heterocycles. The molecule has 0 saturated carbocycles. The van der Waals surface area contributed by atoms with E-state index in [4.69, 9.17) is 0 Å². The third-order valence-electron chi connectivity index (χ3n) is 3.83. The van der Waals surface area contributed by atoms with E-state index in [1.54, 1.807) is 12.1 Å². The van der Waals surface area contributed by atoms with Gasteiger partial charge in [0.1, 0.15) is 5.75 Å². The maximum atomic E-state index is 12.6. The molecule has 0 bridgehead atoms. The van der Waals surface area contributed by atoms with E-state index < -0.39 is 12.0 Å². The minimum Gasteiger partial charge on any atom is -0.434 e. The average molecular weight is 384 g/mol. The highest BCUT2D eigenvalue weighted by Gasteiger charge is 2.27. The number of rotatable bonds is 9. The number of alkyl halides is 2. The van der Waals surface area contributed by atoms with Crippen molar-refractivity contribution >= 4 is 11.9 Å². The summed E-state index contributed by atoms with van der Waals surface area (Å²) in [5.74, 6) is 0.553. The highest BCUT2D eigenvalue weighted by molar-refractivity contribution is 5.84. The lowest BCUT2D eigenvalue weighted by atomic mass is 9.92. The number of carbonyl (C=O) groups is 1. The van der Waals surface area contributed by atoms with Crippen molar-refractivity contribution in [2.24, 2.45) is 10.4 Å². The van der Waals surface area contributed by atoms with Crippen LogP contribution in [-0.4, -0.2) is 38.1 Å². The Morgan fingerprint density at radius 2 is 1.85 bits per heavy atom. The van der Waals surface area contributed by atoms with Crippen molar-refractivity contribution in [1.29, 1.82) is 0 Å². The van der Waals surface area contributed by atoms with Gasteiger partial charge in [0.05, 0.1) is 12.0 Å². The van der Waals surface area contributed by atoms with Gasteiger partial charge in [-0.1, -0.05) is 17.7 Å². The molecular formula is C19H30F2N4O2. The topological polar surface area (TPSA) is 74.8 Å². The number of halogens is 2. The van der Waals surface area contributed by atoms with Crippen LogP contribution in [0.1, 0.15) is 38.8 Å². The lowest BCUT2D eigenvalue weighted by Crippen LogP contribution is -2.47. The van der Waals surface area contributed by atoms with E-state index in [1.807, 2.05) is 34.6 Å². The smallest absolute Gasteiger partial charge is 0.387 e. The molecule has 0 aliphatic heterocycles. The van der Waals surface area contributed by atoms with Crippen LogP contribution in [-0.2, 0) is 11.3 Å². The Morgan fingerprint density at radius 3 is 2.44 bits per heavy atom. The molecule has 3 N–H and O–H groups in total. The van der Waals surface area contributed by atoms with Crippen molar-refractivity contribution in [3.8, 4) is 5.75 Å². The fourth-order valence-electron chi connectivity index (χ4n) is 2.33. The summed E-state index contributed by atoms with van der Waals surface area (Å²) < 4.78 is 29.7. The Morgan fingerprint density at radius 1 is 1.19 bits per heavy atom. The van der Waals surface area contributed by atoms with Gasteiger partial charge in [-0.15, -0.1) is 0 Å². The zero-order chi connectivity index (χ0) is 20.4. The molecule has 0 spiro atoms. The lowest BCUT2D eigenvalue weighted by molar-refractivity contribution is -0.128. The minimum absolute atomic E-state index is 0.0559. The van der Waals surface area contributed by atoms with Crippen molar-refractivity contribution in [3.63, 3.8) is 0 Å². The summed E-state index contributed by atoms with van der Waals surface area (Å²) in [5, 5.41) is 9.03. The second-order valence-corrected chi connectivity index (χ2v) is 6.78. The summed E-state index contributed by atoms with van der Waals surface area (Å²) in [5.41, 5.74) is 0.868. The number of hydrogen-bond donors (Lipinski definition) is 3. The fraction of sp³-hybridized carbons (Fsp3) is 0.579. The van der Waals surface area contributed by atoms with Gasteiger partial charge in [-0.3, -0.25) is 4.79 Å². The summed E-state index contributed by atoms with van der Waals surface area (Å²) in [6, 6.07) is 5.00. The summed E-state index contributed by atoms with van der Waals surface area (Å²) in [7, 11) is 0. The normalized spacial score (nSPS) is 12.1. The highest BCUT2D eigenvalue weighted by atomic mass is 19.3. The number of carbonyl (C=O) groups excluding carboxylic acids is 1. The molecule has 0 atom stereocenters. The maximum Gasteiger partial charge on any atom is 0.387 e. The molecule has 6 nitrogen and oxygen atoms in total. The zero-order valence-corrected chi connectivity index (χ0v) is 16.7. The maximum absolute atomic E-state index is 12.6. The summed E-state index contributed by atoms with van der Waals surface area (Å²) in [6.45, 7) is 8.18. The molecular weight excluding hydrogens is 354 g/mol. The predicted molar refractivity (Wildman–Crippen MR) is 103 cm³/mol. The number of benzene rings is 1. The van der Waals surface area contributed by atoms with Crippen molar-refractivity contribution in [3.05, 3.63) is 29.3 Å². The van der Waals surface area contributed by atoms with Gasteiger partial charge in [-0.05, 0) is 40.7 Å². The molecule has 0 radical (unpaired) electrons. The van der Waals surface area contributed by atoms with E-state index in [0.29, 0.717) is 31.2 Å². The van der Waals surface area contributed by atoms with Crippen LogP contribution in [0.4, 0.5) is 8.78 Å². The Kier molecular flexibility index (Phi) is 8.97. The highest BCUT2D eigenvalue weighted by Crippen LogP contribution is 2.23. The van der Waals surface area contributed by atoms with E-state index >= 15 is 0 Å². The third-order valence-corrected chi connectivity index (χ3v) is 3.83. The predicted octanol–water partition coefficient (Wildman–Crippen LogP) is 2.81. The third kappa shape index (κ3) is 7.80. The molecule has 0 unspecified atom stereocenters. The second kappa shape index (κ2) is 10.7. The molecule has 1 aromatic carbocycles. The Labute approximate surface area is 159 Å². The zero-order valence-electron chi connectivity index (χ0n) is 16.7. The van der Waals surface area contributed by atoms with Gasteiger partial charge in [0.25, 0.3) is 0 Å². The van der Waals surface area contributed by atoms with E-state index in [2.05, 4.69) is 25.7 Å². The standard InChI is InChI=1S/C19H30F2N4O2/c1-6-22-16(26)19(4,5)12-25-18(23-7-2)24-11-14-10-13(3)8-9-15(14)27-17(20)21/h8-10,17H,6-7,11-12H2,1-5H3,(H,22,26)(H2,23,24,25). The molecule has 27 heavy (non-hydrogen) atoms. The van der Waals surface area contributed by atoms with Crippen LogP contribution in [0.3, 0.4) is 0 Å². The molecule has 1 amide bonds. The number of ether oxygens (including phenoxy) is 1. The summed E-state index contributed by atoms with van der Waals surface area (Å²) >= 11 is 0. The minimum atomic E-state index is -2.89. The second-order valence-electron chi connectivity index (χ2n) is 6.78. The lowest BCUT2D eigenvalue weighted by Gasteiger charge is -2.25. The van der Waals surface area contributed by atoms with Gasteiger partial charge in [-0.2, -0.15) is 8.78 Å². The summed E-state index contributed by atoms with van der Waals surface area (Å²) in [6.07, 6.45) is 0. The van der Waals surface area contributed by atoms with Crippen LogP contribution in [0.15, 0.2) is 23.2 Å². The van der Waals surface area contributed by atoms with Gasteiger partial charge >= 0.3 is 6.61 Å². The molecule has 0 aromatic heterocycles. The van der Waals surface area contributed by atoms with Crippen molar-refractivity contribution in [1.82, 2.24) is 16.0 Å². The number of nitrogens with zero attached hydrogens (tertiary/aromatic N) is 1. The number of aliphatic imine (C=N–C) groups is 1. The molecule has 1 aromatic rings. The first-order valence-corrected chi connectivity index (χ1v) is 9.04. The van der Waals surface area contributed by atoms with Gasteiger partial charge in [-0.25, -0.2) is 4.99 Å². The monoisotopic (exact) mass is 384 g/mol. The van der Waals surface area contributed by atoms with Crippen molar-refractivity contribution in [2.45, 2.75) is 47.8 Å². The number of nitrogens with one attached hydrogen (secondary N) is 3. The number of guanidine groups is 1. The van der Waals surface area contributed by atoms with E-state index in [1.165, 1.54) is 6.07 Å². The SMILES string of the molecule is CCNC(=O)C(C)(C)CNC(=NCc1cc(C)ccc1OC(F)F)NCC. The number of hydrogen-bond acceptors (Lipinski definition) is 3. The van der Waals surface area contributed by atoms with Gasteiger partial charge in [0, 0.05) is 25.2 Å². The van der Waals surface area contributed by atoms with Crippen molar-refractivity contribution < 1.29 is 18.3 Å². The van der Waals surface area contributed by atoms with E-state index in [-0.39, 0.29) is 18.2 Å². The molecule has 0 aliphatic rings. The van der Waals surface area contributed by atoms with Crippen LogP contribution in [0.2, 0.25) is 0 Å². The van der Waals surface area contributed by atoms with Crippen LogP contribution >= 0.6 is 0 Å². The molecule has 0 fully saturated rings. The van der Waals surface area contributed by atoms with Crippen LogP contribution in [0.25, 0.3) is 0 Å². The first-order valence-electron chi connectivity index (χ1n) is 9.04. The van der Waals surface area contributed by atoms with E-state index in [9.17, 15) is 13.6 Å². The first-order chi connectivity index (χ1) is 12.7. The quantitative estimate of drug-likeness (QED) is 0.452. The average Bonchev–Trinajstić information content (AvgIpc) is 2.59. The summed E-state index contributed by atoms with van der Waals surface area (Å²) in [4.78, 5) is 16.5. The van der Waals surface area contributed by atoms with Crippen molar-refractivity contribution in [2.75, 3.05) is 19.6 Å². The first kappa shape index (κ1) is 22.7. The molecule has 1 rings (SSSR count). The molecule has 0 heterocycles. The van der Waals surface area contributed by atoms with Gasteiger partial charge < -0.3 is 20.7 Å². The van der Waals surface area contributed by atoms with Gasteiger partial charge in [0.2, 0.25) is 5.91 Å². The molecule has 152 valence electrons. The fourth-order valence-corrected chi connectivity index (χ4v) is 2.33. The molecule has 8 heteroatoms. The Hall–Kier alpha value is -2.38. The Bertz CT molecular complexity index is 649.